The Morgan fingerprint density at radius 2 is 2.26 bits per heavy atom. The monoisotopic (exact) mass is 358 g/mol. The molecule has 3 rings (SSSR count). The van der Waals surface area contributed by atoms with Gasteiger partial charge in [-0.15, -0.1) is 11.8 Å². The number of phenolic OH excluding ortho intramolecular Hbond substituents is 1. The highest BCUT2D eigenvalue weighted by atomic mass is 79.9. The predicted octanol–water partition coefficient (Wildman–Crippen LogP) is 3.73. The van der Waals surface area contributed by atoms with Crippen LogP contribution in [0.2, 0.25) is 0 Å². The van der Waals surface area contributed by atoms with Gasteiger partial charge < -0.3 is 9.63 Å². The maximum Gasteiger partial charge on any atom is 0.258 e. The first-order valence-electron chi connectivity index (χ1n) is 5.76. The fourth-order valence-corrected chi connectivity index (χ4v) is 4.60. The Morgan fingerprint density at radius 1 is 1.37 bits per heavy atom. The van der Waals surface area contributed by atoms with Gasteiger partial charge in [-0.25, -0.2) is 0 Å². The second-order valence-corrected chi connectivity index (χ2v) is 7.37. The van der Waals surface area contributed by atoms with Crippen molar-refractivity contribution in [2.24, 2.45) is 0 Å². The average molecular weight is 359 g/mol. The van der Waals surface area contributed by atoms with Gasteiger partial charge in [-0.3, -0.25) is 0 Å². The highest BCUT2D eigenvalue weighted by Gasteiger charge is 2.22. The first kappa shape index (κ1) is 13.3. The molecule has 19 heavy (non-hydrogen) atoms. The molecule has 0 amide bonds. The van der Waals surface area contributed by atoms with E-state index in [1.807, 2.05) is 29.6 Å². The quantitative estimate of drug-likeness (QED) is 0.882. The van der Waals surface area contributed by atoms with E-state index in [4.69, 9.17) is 4.52 Å². The number of nitrogens with zero attached hydrogens (tertiary/aromatic N) is 2. The lowest BCUT2D eigenvalue weighted by atomic mass is 10.2. The van der Waals surface area contributed by atoms with Crippen molar-refractivity contribution in [3.63, 3.8) is 0 Å². The molecule has 1 aromatic carbocycles. The average Bonchev–Trinajstić information content (AvgIpc) is 2.93. The van der Waals surface area contributed by atoms with E-state index in [9.17, 15) is 5.11 Å². The summed E-state index contributed by atoms with van der Waals surface area (Å²) < 4.78 is 5.94. The molecule has 2 aromatic rings. The number of hydrogen-bond acceptors (Lipinski definition) is 6. The Bertz CT molecular complexity index is 585. The van der Waals surface area contributed by atoms with E-state index in [0.717, 1.165) is 22.9 Å². The Morgan fingerprint density at radius 3 is 3.00 bits per heavy atom. The number of rotatable bonds is 2. The summed E-state index contributed by atoms with van der Waals surface area (Å²) in [5.41, 5.74) is 0.730. The molecule has 0 radical (unpaired) electrons. The van der Waals surface area contributed by atoms with Crippen LogP contribution in [0, 0.1) is 0 Å². The van der Waals surface area contributed by atoms with Crippen molar-refractivity contribution in [2.45, 2.75) is 5.25 Å². The second kappa shape index (κ2) is 5.76. The van der Waals surface area contributed by atoms with E-state index in [-0.39, 0.29) is 5.75 Å². The number of benzene rings is 1. The maximum absolute atomic E-state index is 9.67. The van der Waals surface area contributed by atoms with Crippen LogP contribution in [0.3, 0.4) is 0 Å². The lowest BCUT2D eigenvalue weighted by molar-refractivity contribution is 0.422. The third-order valence-corrected chi connectivity index (χ3v) is 6.16. The molecule has 1 aromatic heterocycles. The van der Waals surface area contributed by atoms with Crippen molar-refractivity contribution in [2.75, 3.05) is 17.3 Å². The van der Waals surface area contributed by atoms with E-state index < -0.39 is 0 Å². The zero-order valence-electron chi connectivity index (χ0n) is 9.88. The van der Waals surface area contributed by atoms with Crippen molar-refractivity contribution < 1.29 is 9.63 Å². The smallest absolute Gasteiger partial charge is 0.258 e. The molecule has 4 nitrogen and oxygen atoms in total. The third kappa shape index (κ3) is 2.93. The van der Waals surface area contributed by atoms with Crippen LogP contribution in [0.15, 0.2) is 27.2 Å². The summed E-state index contributed by atoms with van der Waals surface area (Å²) in [6.07, 6.45) is 0. The van der Waals surface area contributed by atoms with Crippen molar-refractivity contribution in [3.05, 3.63) is 28.5 Å². The van der Waals surface area contributed by atoms with E-state index in [2.05, 4.69) is 26.1 Å². The zero-order chi connectivity index (χ0) is 13.2. The number of aromatic nitrogens is 2. The van der Waals surface area contributed by atoms with Gasteiger partial charge in [-0.1, -0.05) is 5.16 Å². The van der Waals surface area contributed by atoms with Crippen molar-refractivity contribution in [1.29, 1.82) is 0 Å². The SMILES string of the molecule is Oc1cc(-c2nc(C3CSCCS3)no2)ccc1Br. The normalized spacial score (nSPS) is 19.5. The first-order chi connectivity index (χ1) is 9.24. The molecule has 1 saturated heterocycles. The fourth-order valence-electron chi connectivity index (χ4n) is 1.77. The summed E-state index contributed by atoms with van der Waals surface area (Å²) in [5, 5.41) is 14.0. The van der Waals surface area contributed by atoms with Crippen LogP contribution in [0.4, 0.5) is 0 Å². The van der Waals surface area contributed by atoms with Gasteiger partial charge in [0, 0.05) is 22.8 Å². The Balaban J connectivity index is 1.85. The van der Waals surface area contributed by atoms with Gasteiger partial charge in [-0.05, 0) is 34.1 Å². The third-order valence-electron chi connectivity index (χ3n) is 2.74. The minimum Gasteiger partial charge on any atom is -0.507 e. The van der Waals surface area contributed by atoms with Crippen molar-refractivity contribution >= 4 is 39.5 Å². The zero-order valence-corrected chi connectivity index (χ0v) is 13.1. The van der Waals surface area contributed by atoms with Gasteiger partial charge in [0.1, 0.15) is 5.75 Å². The van der Waals surface area contributed by atoms with Gasteiger partial charge in [0.2, 0.25) is 0 Å². The summed E-state index contributed by atoms with van der Waals surface area (Å²) in [5.74, 6) is 4.70. The van der Waals surface area contributed by atoms with Gasteiger partial charge >= 0.3 is 0 Å². The molecule has 0 aliphatic carbocycles. The maximum atomic E-state index is 9.67. The van der Waals surface area contributed by atoms with E-state index in [0.29, 0.717) is 15.6 Å². The van der Waals surface area contributed by atoms with Gasteiger partial charge in [-0.2, -0.15) is 16.7 Å². The van der Waals surface area contributed by atoms with Gasteiger partial charge in [0.15, 0.2) is 5.82 Å². The molecular formula is C12H11BrN2O2S2. The summed E-state index contributed by atoms with van der Waals surface area (Å²) >= 11 is 7.03. The van der Waals surface area contributed by atoms with E-state index >= 15 is 0 Å². The topological polar surface area (TPSA) is 59.2 Å². The molecule has 2 heterocycles. The molecule has 0 bridgehead atoms. The van der Waals surface area contributed by atoms with Crippen LogP contribution in [-0.4, -0.2) is 32.5 Å². The van der Waals surface area contributed by atoms with Crippen LogP contribution in [0.5, 0.6) is 5.75 Å². The molecular weight excluding hydrogens is 348 g/mol. The van der Waals surface area contributed by atoms with Crippen molar-refractivity contribution in [3.8, 4) is 17.2 Å². The molecule has 0 spiro atoms. The van der Waals surface area contributed by atoms with Crippen molar-refractivity contribution in [1.82, 2.24) is 10.1 Å². The summed E-state index contributed by atoms with van der Waals surface area (Å²) in [6, 6.07) is 5.22. The molecule has 7 heteroatoms. The molecule has 1 fully saturated rings. The summed E-state index contributed by atoms with van der Waals surface area (Å²) in [4.78, 5) is 4.44. The van der Waals surface area contributed by atoms with Gasteiger partial charge in [0.05, 0.1) is 9.72 Å². The molecule has 0 saturated carbocycles. The lowest BCUT2D eigenvalue weighted by Gasteiger charge is -2.16. The highest BCUT2D eigenvalue weighted by Crippen LogP contribution is 2.36. The number of hydrogen-bond donors (Lipinski definition) is 1. The first-order valence-corrected chi connectivity index (χ1v) is 8.75. The standard InChI is InChI=1S/C12H11BrN2O2S2/c13-8-2-1-7(5-9(8)16)12-14-11(15-17-12)10-6-18-3-4-19-10/h1-2,5,10,16H,3-4,6H2. The molecule has 1 atom stereocenters. The molecule has 100 valence electrons. The van der Waals surface area contributed by atoms with Crippen LogP contribution in [-0.2, 0) is 0 Å². The Kier molecular flexibility index (Phi) is 4.04. The second-order valence-electron chi connectivity index (χ2n) is 4.06. The van der Waals surface area contributed by atoms with Crippen LogP contribution < -0.4 is 0 Å². The predicted molar refractivity (Wildman–Crippen MR) is 81.6 cm³/mol. The number of phenols is 1. The number of thioether (sulfide) groups is 2. The number of halogens is 1. The lowest BCUT2D eigenvalue weighted by Crippen LogP contribution is -2.07. The molecule has 1 unspecified atom stereocenters. The Hall–Kier alpha value is -0.660. The Labute approximate surface area is 127 Å². The molecule has 1 aliphatic heterocycles. The largest absolute Gasteiger partial charge is 0.507 e. The van der Waals surface area contributed by atoms with Crippen LogP contribution in [0.25, 0.3) is 11.5 Å². The minimum atomic E-state index is 0.167. The molecule has 1 N–H and O–H groups in total. The van der Waals surface area contributed by atoms with E-state index in [1.165, 1.54) is 5.75 Å². The minimum absolute atomic E-state index is 0.167. The fraction of sp³-hybridized carbons (Fsp3) is 0.333. The summed E-state index contributed by atoms with van der Waals surface area (Å²) in [6.45, 7) is 0. The molecule has 1 aliphatic rings. The van der Waals surface area contributed by atoms with Crippen LogP contribution in [0.1, 0.15) is 11.1 Å². The van der Waals surface area contributed by atoms with Crippen LogP contribution >= 0.6 is 39.5 Å². The van der Waals surface area contributed by atoms with Gasteiger partial charge in [0.25, 0.3) is 5.89 Å². The summed E-state index contributed by atoms with van der Waals surface area (Å²) in [7, 11) is 0. The number of aromatic hydroxyl groups is 1. The van der Waals surface area contributed by atoms with E-state index in [1.54, 1.807) is 12.1 Å². The highest BCUT2D eigenvalue weighted by molar-refractivity contribution is 9.10.